The number of carbonyl (C=O) groups excluding carboxylic acids is 1. The maximum Gasteiger partial charge on any atom is 0.389 e. The average Bonchev–Trinajstić information content (AvgIpc) is 2.79. The number of nitrogens with two attached hydrogens (primary N) is 1. The molecule has 0 unspecified atom stereocenters. The lowest BCUT2D eigenvalue weighted by molar-refractivity contribution is -0.135. The quantitative estimate of drug-likeness (QED) is 0.657. The Labute approximate surface area is 112 Å². The Hall–Kier alpha value is -2.12. The Morgan fingerprint density at radius 1 is 1.30 bits per heavy atom. The van der Waals surface area contributed by atoms with Gasteiger partial charge in [-0.3, -0.25) is 4.79 Å². The van der Waals surface area contributed by atoms with E-state index < -0.39 is 18.5 Å². The van der Waals surface area contributed by atoms with Gasteiger partial charge in [0.1, 0.15) is 0 Å². The van der Waals surface area contributed by atoms with Crippen molar-refractivity contribution in [2.24, 2.45) is 0 Å². The third kappa shape index (κ3) is 3.46. The van der Waals surface area contributed by atoms with Crippen LogP contribution in [0, 0.1) is 0 Å². The van der Waals surface area contributed by atoms with E-state index in [-0.39, 0.29) is 31.0 Å². The number of anilines is 1. The number of carbonyl (C=O) groups is 1. The number of nitrogen functional groups attached to an aromatic ring is 1. The Bertz CT molecular complexity index is 517. The molecule has 0 aliphatic carbocycles. The summed E-state index contributed by atoms with van der Waals surface area (Å²) in [5.74, 6) is 0.290. The molecule has 1 aromatic carbocycles. The van der Waals surface area contributed by atoms with Crippen LogP contribution in [0.5, 0.6) is 11.5 Å². The van der Waals surface area contributed by atoms with Crippen LogP contribution in [-0.4, -0.2) is 25.4 Å². The Kier molecular flexibility index (Phi) is 3.91. The topological polar surface area (TPSA) is 73.6 Å². The molecule has 0 fully saturated rings. The molecule has 0 spiro atoms. The van der Waals surface area contributed by atoms with E-state index in [1.54, 1.807) is 0 Å². The minimum absolute atomic E-state index is 0.0471. The number of amides is 1. The van der Waals surface area contributed by atoms with Crippen molar-refractivity contribution in [1.29, 1.82) is 0 Å². The molecule has 8 heteroatoms. The molecular formula is C12H13F3N2O3. The number of hydrogen-bond donors (Lipinski definition) is 2. The maximum atomic E-state index is 12.0. The Morgan fingerprint density at radius 3 is 2.60 bits per heavy atom. The first-order chi connectivity index (χ1) is 9.37. The van der Waals surface area contributed by atoms with Crippen LogP contribution < -0.4 is 20.5 Å². The van der Waals surface area contributed by atoms with Crippen LogP contribution in [-0.2, 0) is 0 Å². The normalized spacial score (nSPS) is 13.3. The molecule has 20 heavy (non-hydrogen) atoms. The van der Waals surface area contributed by atoms with Gasteiger partial charge >= 0.3 is 6.18 Å². The van der Waals surface area contributed by atoms with Gasteiger partial charge in [-0.15, -0.1) is 0 Å². The van der Waals surface area contributed by atoms with Crippen molar-refractivity contribution < 1.29 is 27.4 Å². The fraction of sp³-hybridized carbons (Fsp3) is 0.417. The number of nitrogens with one attached hydrogen (secondary N) is 1. The van der Waals surface area contributed by atoms with Crippen LogP contribution in [0.1, 0.15) is 23.2 Å². The molecule has 0 saturated heterocycles. The van der Waals surface area contributed by atoms with Gasteiger partial charge in [0, 0.05) is 24.7 Å². The van der Waals surface area contributed by atoms with E-state index in [1.807, 2.05) is 0 Å². The molecular weight excluding hydrogens is 277 g/mol. The van der Waals surface area contributed by atoms with Crippen molar-refractivity contribution in [3.8, 4) is 11.5 Å². The van der Waals surface area contributed by atoms with Crippen molar-refractivity contribution in [3.05, 3.63) is 17.7 Å². The van der Waals surface area contributed by atoms with E-state index in [0.29, 0.717) is 11.5 Å². The fourth-order valence-electron chi connectivity index (χ4n) is 1.74. The van der Waals surface area contributed by atoms with Crippen LogP contribution in [0.25, 0.3) is 0 Å². The zero-order chi connectivity index (χ0) is 14.8. The third-order valence-electron chi connectivity index (χ3n) is 2.71. The van der Waals surface area contributed by atoms with Gasteiger partial charge in [0.2, 0.25) is 6.79 Å². The zero-order valence-corrected chi connectivity index (χ0v) is 10.4. The molecule has 0 radical (unpaired) electrons. The van der Waals surface area contributed by atoms with Crippen molar-refractivity contribution in [2.45, 2.75) is 19.0 Å². The summed E-state index contributed by atoms with van der Waals surface area (Å²) in [6.07, 6.45) is -5.34. The summed E-state index contributed by atoms with van der Waals surface area (Å²) in [7, 11) is 0. The summed E-state index contributed by atoms with van der Waals surface area (Å²) in [5, 5.41) is 2.39. The molecule has 0 saturated carbocycles. The van der Waals surface area contributed by atoms with Crippen LogP contribution in [0.4, 0.5) is 18.9 Å². The van der Waals surface area contributed by atoms with Gasteiger partial charge in [0.25, 0.3) is 5.91 Å². The number of halogens is 3. The highest BCUT2D eigenvalue weighted by atomic mass is 19.4. The van der Waals surface area contributed by atoms with Crippen molar-refractivity contribution >= 4 is 11.6 Å². The van der Waals surface area contributed by atoms with Gasteiger partial charge in [0.15, 0.2) is 11.5 Å². The van der Waals surface area contributed by atoms with Gasteiger partial charge < -0.3 is 20.5 Å². The van der Waals surface area contributed by atoms with Gasteiger partial charge in [-0.1, -0.05) is 0 Å². The second-order valence-electron chi connectivity index (χ2n) is 4.27. The van der Waals surface area contributed by atoms with Gasteiger partial charge in [-0.2, -0.15) is 13.2 Å². The zero-order valence-electron chi connectivity index (χ0n) is 10.4. The van der Waals surface area contributed by atoms with Crippen LogP contribution >= 0.6 is 0 Å². The standard InChI is InChI=1S/C12H13F3N2O3/c13-12(14,15)2-1-3-17-11(18)7-4-9-10(5-8(7)16)20-6-19-9/h4-5H,1-3,6,16H2,(H,17,18). The lowest BCUT2D eigenvalue weighted by Gasteiger charge is -2.09. The van der Waals surface area contributed by atoms with E-state index in [1.165, 1.54) is 12.1 Å². The predicted molar refractivity (Wildman–Crippen MR) is 64.6 cm³/mol. The van der Waals surface area contributed by atoms with E-state index in [4.69, 9.17) is 15.2 Å². The lowest BCUT2D eigenvalue weighted by Crippen LogP contribution is -2.26. The number of ether oxygens (including phenoxy) is 2. The first-order valence-corrected chi connectivity index (χ1v) is 5.91. The molecule has 1 aliphatic heterocycles. The maximum absolute atomic E-state index is 12.0. The molecule has 110 valence electrons. The summed E-state index contributed by atoms with van der Waals surface area (Å²) in [6, 6.07) is 2.86. The second-order valence-corrected chi connectivity index (χ2v) is 4.27. The third-order valence-corrected chi connectivity index (χ3v) is 2.71. The molecule has 0 bridgehead atoms. The summed E-state index contributed by atoms with van der Waals surface area (Å²) < 4.78 is 46.1. The van der Waals surface area contributed by atoms with Gasteiger partial charge in [-0.05, 0) is 12.5 Å². The van der Waals surface area contributed by atoms with Gasteiger partial charge in [0.05, 0.1) is 5.56 Å². The molecule has 5 nitrogen and oxygen atoms in total. The van der Waals surface area contributed by atoms with Crippen LogP contribution in [0.3, 0.4) is 0 Å². The molecule has 1 heterocycles. The molecule has 2 rings (SSSR count). The van der Waals surface area contributed by atoms with E-state index in [2.05, 4.69) is 5.32 Å². The number of alkyl halides is 3. The minimum atomic E-state index is -4.22. The predicted octanol–water partition coefficient (Wildman–Crippen LogP) is 2.07. The monoisotopic (exact) mass is 290 g/mol. The number of hydrogen-bond acceptors (Lipinski definition) is 4. The van der Waals surface area contributed by atoms with E-state index in [0.717, 1.165) is 0 Å². The van der Waals surface area contributed by atoms with E-state index >= 15 is 0 Å². The van der Waals surface area contributed by atoms with E-state index in [9.17, 15) is 18.0 Å². The molecule has 1 amide bonds. The molecule has 0 aromatic heterocycles. The lowest BCUT2D eigenvalue weighted by atomic mass is 10.1. The van der Waals surface area contributed by atoms with Crippen LogP contribution in [0.15, 0.2) is 12.1 Å². The van der Waals surface area contributed by atoms with Crippen LogP contribution in [0.2, 0.25) is 0 Å². The van der Waals surface area contributed by atoms with Gasteiger partial charge in [-0.25, -0.2) is 0 Å². The highest BCUT2D eigenvalue weighted by Gasteiger charge is 2.26. The summed E-state index contributed by atoms with van der Waals surface area (Å²) in [6.45, 7) is -0.0301. The number of benzene rings is 1. The summed E-state index contributed by atoms with van der Waals surface area (Å²) in [4.78, 5) is 11.8. The van der Waals surface area contributed by atoms with Crippen molar-refractivity contribution in [2.75, 3.05) is 19.1 Å². The molecule has 0 atom stereocenters. The SMILES string of the molecule is Nc1cc2c(cc1C(=O)NCCCC(F)(F)F)OCO2. The Balaban J connectivity index is 1.93. The van der Waals surface area contributed by atoms with Crippen molar-refractivity contribution in [1.82, 2.24) is 5.32 Å². The summed E-state index contributed by atoms with van der Waals surface area (Å²) >= 11 is 0. The fourth-order valence-corrected chi connectivity index (χ4v) is 1.74. The summed E-state index contributed by atoms with van der Waals surface area (Å²) in [5.41, 5.74) is 6.03. The van der Waals surface area contributed by atoms with Crippen molar-refractivity contribution in [3.63, 3.8) is 0 Å². The molecule has 1 aromatic rings. The number of rotatable bonds is 4. The molecule has 3 N–H and O–H groups in total. The highest BCUT2D eigenvalue weighted by Crippen LogP contribution is 2.35. The second kappa shape index (κ2) is 5.48. The highest BCUT2D eigenvalue weighted by molar-refractivity contribution is 6.00. The first kappa shape index (κ1) is 14.3. The smallest absolute Gasteiger partial charge is 0.389 e. The largest absolute Gasteiger partial charge is 0.454 e. The average molecular weight is 290 g/mol. The minimum Gasteiger partial charge on any atom is -0.454 e. The number of fused-ring (bicyclic) bond motifs is 1. The first-order valence-electron chi connectivity index (χ1n) is 5.91. The Morgan fingerprint density at radius 2 is 1.95 bits per heavy atom. The molecule has 1 aliphatic rings.